The molecule has 1 aliphatic rings. The number of carbonyl (C=O) groups is 1. The number of hydrogen-bond acceptors (Lipinski definition) is 7. The van der Waals surface area contributed by atoms with Crippen molar-refractivity contribution in [1.29, 1.82) is 0 Å². The molecular weight excluding hydrogens is 376 g/mol. The lowest BCUT2D eigenvalue weighted by atomic mass is 10.2. The van der Waals surface area contributed by atoms with Crippen molar-refractivity contribution in [2.45, 2.75) is 37.2 Å². The molecule has 10 heteroatoms. The minimum absolute atomic E-state index is 0.0367. The number of rotatable bonds is 7. The van der Waals surface area contributed by atoms with Gasteiger partial charge in [-0.15, -0.1) is 10.2 Å². The Morgan fingerprint density at radius 1 is 1.38 bits per heavy atom. The van der Waals surface area contributed by atoms with Crippen molar-refractivity contribution in [3.8, 4) is 0 Å². The zero-order valence-corrected chi connectivity index (χ0v) is 15.9. The SMILES string of the molecule is CCc1nnc(NC(=O)c2cccc(S(=O)(=O)NC[C@H]3CCCO3)c2)s1. The Hall–Kier alpha value is -1.88. The maximum atomic E-state index is 12.4. The normalized spacial score (nSPS) is 17.3. The van der Waals surface area contributed by atoms with Crippen LogP contribution in [0.25, 0.3) is 0 Å². The predicted molar refractivity (Wildman–Crippen MR) is 97.8 cm³/mol. The number of carbonyl (C=O) groups excluding carboxylic acids is 1. The molecule has 2 aromatic rings. The van der Waals surface area contributed by atoms with Crippen LogP contribution in [0.2, 0.25) is 0 Å². The zero-order chi connectivity index (χ0) is 18.6. The fourth-order valence-electron chi connectivity index (χ4n) is 2.51. The van der Waals surface area contributed by atoms with Crippen molar-refractivity contribution in [2.24, 2.45) is 0 Å². The minimum Gasteiger partial charge on any atom is -0.377 e. The highest BCUT2D eigenvalue weighted by Crippen LogP contribution is 2.18. The summed E-state index contributed by atoms with van der Waals surface area (Å²) in [7, 11) is -3.71. The molecule has 1 aromatic heterocycles. The smallest absolute Gasteiger partial charge is 0.257 e. The molecule has 2 heterocycles. The Kier molecular flexibility index (Phi) is 5.97. The second-order valence-corrected chi connectivity index (χ2v) is 8.65. The summed E-state index contributed by atoms with van der Waals surface area (Å²) in [5.74, 6) is -0.431. The van der Waals surface area contributed by atoms with E-state index in [0.717, 1.165) is 24.3 Å². The molecule has 2 N–H and O–H groups in total. The highest BCUT2D eigenvalue weighted by Gasteiger charge is 2.21. The fourth-order valence-corrected chi connectivity index (χ4v) is 4.30. The molecule has 1 aromatic carbocycles. The van der Waals surface area contributed by atoms with E-state index >= 15 is 0 Å². The zero-order valence-electron chi connectivity index (χ0n) is 14.3. The Bertz CT molecular complexity index is 876. The fraction of sp³-hybridized carbons (Fsp3) is 0.438. The van der Waals surface area contributed by atoms with E-state index < -0.39 is 15.9 Å². The van der Waals surface area contributed by atoms with Crippen LogP contribution < -0.4 is 10.0 Å². The van der Waals surface area contributed by atoms with Gasteiger partial charge in [0.1, 0.15) is 5.01 Å². The average molecular weight is 396 g/mol. The van der Waals surface area contributed by atoms with Crippen LogP contribution in [0.1, 0.15) is 35.1 Å². The molecular formula is C16H20N4O4S2. The van der Waals surface area contributed by atoms with Gasteiger partial charge in [-0.1, -0.05) is 24.3 Å². The third-order valence-corrected chi connectivity index (χ3v) is 6.33. The molecule has 140 valence electrons. The predicted octanol–water partition coefficient (Wildman–Crippen LogP) is 1.81. The van der Waals surface area contributed by atoms with Crippen LogP contribution in [0.15, 0.2) is 29.2 Å². The van der Waals surface area contributed by atoms with Gasteiger partial charge in [0.15, 0.2) is 0 Å². The molecule has 0 spiro atoms. The van der Waals surface area contributed by atoms with E-state index in [-0.39, 0.29) is 23.1 Å². The lowest BCUT2D eigenvalue weighted by Crippen LogP contribution is -2.32. The standard InChI is InChI=1S/C16H20N4O4S2/c1-2-14-19-20-16(25-14)18-15(21)11-5-3-7-13(9-11)26(22,23)17-10-12-6-4-8-24-12/h3,5,7,9,12,17H,2,4,6,8,10H2,1H3,(H,18,20,21)/t12-/m1/s1. The highest BCUT2D eigenvalue weighted by atomic mass is 32.2. The van der Waals surface area contributed by atoms with Gasteiger partial charge in [-0.25, -0.2) is 13.1 Å². The van der Waals surface area contributed by atoms with Gasteiger partial charge >= 0.3 is 0 Å². The monoisotopic (exact) mass is 396 g/mol. The van der Waals surface area contributed by atoms with E-state index in [1.54, 1.807) is 6.07 Å². The first-order valence-electron chi connectivity index (χ1n) is 8.33. The van der Waals surface area contributed by atoms with Crippen molar-refractivity contribution in [3.05, 3.63) is 34.8 Å². The molecule has 26 heavy (non-hydrogen) atoms. The minimum atomic E-state index is -3.71. The second-order valence-electron chi connectivity index (χ2n) is 5.82. The number of sulfonamides is 1. The van der Waals surface area contributed by atoms with Crippen molar-refractivity contribution in [1.82, 2.24) is 14.9 Å². The number of amides is 1. The summed E-state index contributed by atoms with van der Waals surface area (Å²) in [6.07, 6.45) is 2.42. The molecule has 1 fully saturated rings. The van der Waals surface area contributed by atoms with Crippen molar-refractivity contribution >= 4 is 32.4 Å². The van der Waals surface area contributed by atoms with Gasteiger partial charge in [0.2, 0.25) is 15.2 Å². The summed E-state index contributed by atoms with van der Waals surface area (Å²) in [5, 5.41) is 11.7. The third-order valence-electron chi connectivity index (χ3n) is 3.92. The molecule has 8 nitrogen and oxygen atoms in total. The molecule has 3 rings (SSSR count). The summed E-state index contributed by atoms with van der Waals surface area (Å²) in [4.78, 5) is 12.4. The largest absolute Gasteiger partial charge is 0.377 e. The topological polar surface area (TPSA) is 110 Å². The average Bonchev–Trinajstić information content (AvgIpc) is 3.32. The number of ether oxygens (including phenoxy) is 1. The van der Waals surface area contributed by atoms with Crippen LogP contribution in [-0.4, -0.2) is 43.8 Å². The number of aryl methyl sites for hydroxylation is 1. The van der Waals surface area contributed by atoms with Crippen LogP contribution in [0.3, 0.4) is 0 Å². The van der Waals surface area contributed by atoms with Crippen LogP contribution in [0.4, 0.5) is 5.13 Å². The lowest BCUT2D eigenvalue weighted by molar-refractivity contribution is 0.102. The lowest BCUT2D eigenvalue weighted by Gasteiger charge is -2.12. The molecule has 0 radical (unpaired) electrons. The van der Waals surface area contributed by atoms with Crippen LogP contribution in [-0.2, 0) is 21.2 Å². The summed E-state index contributed by atoms with van der Waals surface area (Å²) in [5.41, 5.74) is 0.234. The van der Waals surface area contributed by atoms with Gasteiger partial charge in [-0.3, -0.25) is 10.1 Å². The summed E-state index contributed by atoms with van der Waals surface area (Å²) in [6.45, 7) is 2.83. The van der Waals surface area contributed by atoms with Crippen molar-refractivity contribution in [3.63, 3.8) is 0 Å². The number of nitrogens with zero attached hydrogens (tertiary/aromatic N) is 2. The molecule has 0 unspecified atom stereocenters. The van der Waals surface area contributed by atoms with Gasteiger partial charge in [0.25, 0.3) is 5.91 Å². The maximum Gasteiger partial charge on any atom is 0.257 e. The molecule has 1 aliphatic heterocycles. The van der Waals surface area contributed by atoms with Crippen molar-refractivity contribution < 1.29 is 17.9 Å². The molecule has 1 atom stereocenters. The molecule has 0 saturated carbocycles. The first kappa shape index (κ1) is 18.9. The van der Waals surface area contributed by atoms with Gasteiger partial charge in [0.05, 0.1) is 11.0 Å². The summed E-state index contributed by atoms with van der Waals surface area (Å²) >= 11 is 1.29. The van der Waals surface area contributed by atoms with Gasteiger partial charge in [-0.2, -0.15) is 0 Å². The number of nitrogens with one attached hydrogen (secondary N) is 2. The van der Waals surface area contributed by atoms with Gasteiger partial charge < -0.3 is 4.74 Å². The quantitative estimate of drug-likeness (QED) is 0.738. The molecule has 1 saturated heterocycles. The van der Waals surface area contributed by atoms with E-state index in [9.17, 15) is 13.2 Å². The summed E-state index contributed by atoms with van der Waals surface area (Å²) < 4.78 is 32.9. The third kappa shape index (κ3) is 4.64. The van der Waals surface area contributed by atoms with Crippen LogP contribution >= 0.6 is 11.3 Å². The number of anilines is 1. The number of benzene rings is 1. The second kappa shape index (κ2) is 8.21. The Balaban J connectivity index is 1.68. The number of hydrogen-bond donors (Lipinski definition) is 2. The van der Waals surface area contributed by atoms with E-state index in [1.807, 2.05) is 6.92 Å². The van der Waals surface area contributed by atoms with E-state index in [1.165, 1.54) is 29.5 Å². The van der Waals surface area contributed by atoms with E-state index in [4.69, 9.17) is 4.74 Å². The first-order valence-corrected chi connectivity index (χ1v) is 10.6. The molecule has 0 bridgehead atoms. The molecule has 0 aliphatic carbocycles. The van der Waals surface area contributed by atoms with E-state index in [0.29, 0.717) is 11.7 Å². The Labute approximate surface area is 156 Å². The van der Waals surface area contributed by atoms with E-state index in [2.05, 4.69) is 20.2 Å². The van der Waals surface area contributed by atoms with Gasteiger partial charge in [0, 0.05) is 18.7 Å². The Morgan fingerprint density at radius 3 is 2.92 bits per heavy atom. The number of aromatic nitrogens is 2. The Morgan fingerprint density at radius 2 is 2.23 bits per heavy atom. The van der Waals surface area contributed by atoms with Gasteiger partial charge in [-0.05, 0) is 37.5 Å². The summed E-state index contributed by atoms with van der Waals surface area (Å²) in [6, 6.07) is 5.88. The van der Waals surface area contributed by atoms with Crippen LogP contribution in [0, 0.1) is 0 Å². The maximum absolute atomic E-state index is 12.4. The van der Waals surface area contributed by atoms with Crippen LogP contribution in [0.5, 0.6) is 0 Å². The molecule has 1 amide bonds. The highest BCUT2D eigenvalue weighted by molar-refractivity contribution is 7.89. The van der Waals surface area contributed by atoms with Crippen molar-refractivity contribution in [2.75, 3.05) is 18.5 Å². The first-order chi connectivity index (χ1) is 12.5.